The van der Waals surface area contributed by atoms with Gasteiger partial charge in [0, 0.05) is 11.0 Å². The van der Waals surface area contributed by atoms with E-state index in [9.17, 15) is 4.39 Å². The molecule has 0 aliphatic carbocycles. The molecule has 3 rings (SSSR count). The van der Waals surface area contributed by atoms with Gasteiger partial charge in [0.1, 0.15) is 11.6 Å². The van der Waals surface area contributed by atoms with Gasteiger partial charge in [0.05, 0.1) is 17.0 Å². The van der Waals surface area contributed by atoms with E-state index in [-0.39, 0.29) is 15.8 Å². The minimum Gasteiger partial charge on any atom is -0.492 e. The van der Waals surface area contributed by atoms with Crippen molar-refractivity contribution in [3.8, 4) is 5.75 Å². The molecule has 4 heteroatoms. The Morgan fingerprint density at radius 2 is 1.81 bits per heavy atom. The number of fused-ring (bicyclic) bond motifs is 1. The normalized spacial score (nSPS) is 17.2. The lowest BCUT2D eigenvalue weighted by Gasteiger charge is -2.17. The third kappa shape index (κ3) is 2.63. The van der Waals surface area contributed by atoms with Crippen molar-refractivity contribution in [3.05, 3.63) is 63.9 Å². The zero-order valence-electron chi connectivity index (χ0n) is 11.8. The van der Waals surface area contributed by atoms with Gasteiger partial charge < -0.3 is 4.74 Å². The van der Waals surface area contributed by atoms with Crippen LogP contribution in [0.3, 0.4) is 0 Å². The molecule has 2 aromatic carbocycles. The molecule has 0 radical (unpaired) electrons. The molecule has 0 saturated heterocycles. The topological polar surface area (TPSA) is 9.23 Å². The number of hydrogen-bond donors (Lipinski definition) is 0. The van der Waals surface area contributed by atoms with Crippen LogP contribution in [0.1, 0.15) is 35.9 Å². The molecule has 1 unspecified atom stereocenters. The predicted molar refractivity (Wildman–Crippen MR) is 84.1 cm³/mol. The summed E-state index contributed by atoms with van der Waals surface area (Å²) in [4.78, 5) is 0. The summed E-state index contributed by atoms with van der Waals surface area (Å²) >= 11 is 12.4. The molecule has 1 heterocycles. The highest BCUT2D eigenvalue weighted by atomic mass is 35.5. The minimum atomic E-state index is -0.437. The SMILES string of the molecule is CC1(C)COc2ccc(C(Cl)c3ccc(F)c(Cl)c3)cc21. The van der Waals surface area contributed by atoms with Crippen LogP contribution in [0, 0.1) is 5.82 Å². The average molecular weight is 325 g/mol. The van der Waals surface area contributed by atoms with E-state index >= 15 is 0 Å². The van der Waals surface area contributed by atoms with Gasteiger partial charge in [0.15, 0.2) is 0 Å². The third-order valence-electron chi connectivity index (χ3n) is 3.85. The summed E-state index contributed by atoms with van der Waals surface area (Å²) in [5.74, 6) is 0.470. The molecular weight excluding hydrogens is 310 g/mol. The molecular formula is C17H15Cl2FO. The standard InChI is InChI=1S/C17H15Cl2FO/c1-17(2)9-21-15-6-4-10(7-12(15)17)16(19)11-3-5-14(20)13(18)8-11/h3-8,16H,9H2,1-2H3. The zero-order chi connectivity index (χ0) is 15.2. The predicted octanol–water partition coefficient (Wildman–Crippen LogP) is 5.48. The second-order valence-electron chi connectivity index (χ2n) is 5.96. The van der Waals surface area contributed by atoms with E-state index in [0.717, 1.165) is 22.4 Å². The summed E-state index contributed by atoms with van der Waals surface area (Å²) in [7, 11) is 0. The fourth-order valence-corrected chi connectivity index (χ4v) is 3.02. The first kappa shape index (κ1) is 14.7. The van der Waals surface area contributed by atoms with Gasteiger partial charge in [0.25, 0.3) is 0 Å². The lowest BCUT2D eigenvalue weighted by atomic mass is 9.85. The highest BCUT2D eigenvalue weighted by Crippen LogP contribution is 2.41. The maximum Gasteiger partial charge on any atom is 0.141 e. The highest BCUT2D eigenvalue weighted by Gasteiger charge is 2.32. The Labute approximate surface area is 133 Å². The van der Waals surface area contributed by atoms with E-state index < -0.39 is 5.82 Å². The second-order valence-corrected chi connectivity index (χ2v) is 6.81. The summed E-state index contributed by atoms with van der Waals surface area (Å²) < 4.78 is 18.9. The van der Waals surface area contributed by atoms with Gasteiger partial charge in [0.2, 0.25) is 0 Å². The van der Waals surface area contributed by atoms with Crippen LogP contribution in [-0.2, 0) is 5.41 Å². The van der Waals surface area contributed by atoms with Crippen LogP contribution in [0.25, 0.3) is 0 Å². The van der Waals surface area contributed by atoms with Crippen LogP contribution in [0.15, 0.2) is 36.4 Å². The van der Waals surface area contributed by atoms with Crippen molar-refractivity contribution in [1.29, 1.82) is 0 Å². The maximum atomic E-state index is 13.3. The smallest absolute Gasteiger partial charge is 0.141 e. The molecule has 0 N–H and O–H groups in total. The molecule has 1 aliphatic heterocycles. The number of benzene rings is 2. The molecule has 0 spiro atoms. The summed E-state index contributed by atoms with van der Waals surface area (Å²) in [6.45, 7) is 4.95. The van der Waals surface area contributed by atoms with Crippen molar-refractivity contribution < 1.29 is 9.13 Å². The van der Waals surface area contributed by atoms with E-state index in [4.69, 9.17) is 27.9 Å². The number of rotatable bonds is 2. The van der Waals surface area contributed by atoms with Crippen LogP contribution >= 0.6 is 23.2 Å². The minimum absolute atomic E-state index is 0.0254. The van der Waals surface area contributed by atoms with Gasteiger partial charge >= 0.3 is 0 Å². The Morgan fingerprint density at radius 1 is 1.14 bits per heavy atom. The van der Waals surface area contributed by atoms with Crippen molar-refractivity contribution in [1.82, 2.24) is 0 Å². The van der Waals surface area contributed by atoms with Crippen LogP contribution in [0.2, 0.25) is 5.02 Å². The first-order valence-electron chi connectivity index (χ1n) is 6.75. The molecule has 0 saturated carbocycles. The van der Waals surface area contributed by atoms with E-state index in [0.29, 0.717) is 6.61 Å². The first-order chi connectivity index (χ1) is 9.88. The monoisotopic (exact) mass is 324 g/mol. The number of alkyl halides is 1. The molecule has 1 nitrogen and oxygen atoms in total. The van der Waals surface area contributed by atoms with Crippen molar-refractivity contribution in [3.63, 3.8) is 0 Å². The summed E-state index contributed by atoms with van der Waals surface area (Å²) in [6, 6.07) is 10.5. The lowest BCUT2D eigenvalue weighted by molar-refractivity contribution is 0.291. The Morgan fingerprint density at radius 3 is 2.52 bits per heavy atom. The van der Waals surface area contributed by atoms with E-state index in [1.165, 1.54) is 6.07 Å². The van der Waals surface area contributed by atoms with Crippen molar-refractivity contribution in [2.45, 2.75) is 24.6 Å². The molecule has 2 aromatic rings. The van der Waals surface area contributed by atoms with Crippen molar-refractivity contribution >= 4 is 23.2 Å². The largest absolute Gasteiger partial charge is 0.492 e. The fraction of sp³-hybridized carbons (Fsp3) is 0.294. The molecule has 0 amide bonds. The van der Waals surface area contributed by atoms with Crippen LogP contribution in [0.4, 0.5) is 4.39 Å². The molecule has 0 aromatic heterocycles. The van der Waals surface area contributed by atoms with Gasteiger partial charge in [-0.25, -0.2) is 4.39 Å². The molecule has 1 atom stereocenters. The van der Waals surface area contributed by atoms with Crippen LogP contribution in [0.5, 0.6) is 5.75 Å². The van der Waals surface area contributed by atoms with E-state index in [1.54, 1.807) is 12.1 Å². The van der Waals surface area contributed by atoms with E-state index in [1.807, 2.05) is 12.1 Å². The lowest BCUT2D eigenvalue weighted by Crippen LogP contribution is -2.18. The molecule has 21 heavy (non-hydrogen) atoms. The van der Waals surface area contributed by atoms with Crippen LogP contribution in [-0.4, -0.2) is 6.61 Å². The Kier molecular flexibility index (Phi) is 3.62. The Bertz CT molecular complexity index is 697. The Balaban J connectivity index is 1.99. The highest BCUT2D eigenvalue weighted by molar-refractivity contribution is 6.31. The molecule has 0 fully saturated rings. The van der Waals surface area contributed by atoms with Gasteiger partial charge in [-0.2, -0.15) is 0 Å². The maximum absolute atomic E-state index is 13.3. The van der Waals surface area contributed by atoms with Crippen molar-refractivity contribution in [2.75, 3.05) is 6.61 Å². The third-order valence-corrected chi connectivity index (χ3v) is 4.64. The molecule has 0 bridgehead atoms. The van der Waals surface area contributed by atoms with Gasteiger partial charge in [-0.15, -0.1) is 11.6 Å². The van der Waals surface area contributed by atoms with Gasteiger partial charge in [-0.3, -0.25) is 0 Å². The number of hydrogen-bond acceptors (Lipinski definition) is 1. The summed E-state index contributed by atoms with van der Waals surface area (Å²) in [5.41, 5.74) is 2.86. The van der Waals surface area contributed by atoms with Gasteiger partial charge in [-0.1, -0.05) is 37.6 Å². The van der Waals surface area contributed by atoms with Crippen molar-refractivity contribution in [2.24, 2.45) is 0 Å². The Hall–Kier alpha value is -1.25. The quantitative estimate of drug-likeness (QED) is 0.665. The summed E-state index contributed by atoms with van der Waals surface area (Å²) in [6.07, 6.45) is 0. The molecule has 1 aliphatic rings. The van der Waals surface area contributed by atoms with Crippen LogP contribution < -0.4 is 4.74 Å². The van der Waals surface area contributed by atoms with Gasteiger partial charge in [-0.05, 0) is 35.4 Å². The number of ether oxygens (including phenoxy) is 1. The summed E-state index contributed by atoms with van der Waals surface area (Å²) in [5, 5.41) is -0.284. The average Bonchev–Trinajstić information content (AvgIpc) is 2.76. The molecule has 110 valence electrons. The second kappa shape index (κ2) is 5.19. The first-order valence-corrected chi connectivity index (χ1v) is 7.56. The fourth-order valence-electron chi connectivity index (χ4n) is 2.56. The zero-order valence-corrected chi connectivity index (χ0v) is 13.3. The number of halogens is 3. The van der Waals surface area contributed by atoms with E-state index in [2.05, 4.69) is 19.9 Å².